The summed E-state index contributed by atoms with van der Waals surface area (Å²) in [6.45, 7) is -0.132. The van der Waals surface area contributed by atoms with Crippen molar-refractivity contribution in [3.8, 4) is 0 Å². The fourth-order valence-corrected chi connectivity index (χ4v) is 2.99. The molecule has 8 nitrogen and oxygen atoms in total. The molecule has 134 valence electrons. The lowest BCUT2D eigenvalue weighted by atomic mass is 10.1. The molecule has 0 amide bonds. The van der Waals surface area contributed by atoms with Crippen LogP contribution in [-0.4, -0.2) is 26.0 Å². The van der Waals surface area contributed by atoms with Crippen LogP contribution in [0.2, 0.25) is 10.0 Å². The number of aromatic nitrogens is 2. The minimum atomic E-state index is -1.07. The molecule has 0 radical (unpaired) electrons. The van der Waals surface area contributed by atoms with Gasteiger partial charge in [-0.1, -0.05) is 29.3 Å². The van der Waals surface area contributed by atoms with Crippen molar-refractivity contribution in [1.82, 2.24) is 9.38 Å². The van der Waals surface area contributed by atoms with Crippen molar-refractivity contribution in [2.24, 2.45) is 0 Å². The standard InChI is InChI=1S/C16H12Cl2N4O4/c17-10-5-9(6-11(18)7-10)12(23)8-19-15-14(22(25)26)16(24)21-4-2-1-3-13(21)20-15/h1-7,12,19,23H,8H2. The van der Waals surface area contributed by atoms with Crippen molar-refractivity contribution < 1.29 is 10.0 Å². The Morgan fingerprint density at radius 3 is 2.62 bits per heavy atom. The third-order valence-corrected chi connectivity index (χ3v) is 4.06. The molecule has 2 heterocycles. The molecule has 3 rings (SSSR count). The van der Waals surface area contributed by atoms with Crippen LogP contribution in [0.3, 0.4) is 0 Å². The smallest absolute Gasteiger partial charge is 0.376 e. The number of halogens is 2. The Balaban J connectivity index is 1.94. The zero-order chi connectivity index (χ0) is 18.8. The number of nitro groups is 1. The Hall–Kier alpha value is -2.68. The van der Waals surface area contributed by atoms with Gasteiger partial charge in [0.05, 0.1) is 11.0 Å². The number of hydrogen-bond donors (Lipinski definition) is 2. The van der Waals surface area contributed by atoms with Crippen molar-refractivity contribution >= 4 is 40.4 Å². The van der Waals surface area contributed by atoms with E-state index < -0.39 is 22.3 Å². The van der Waals surface area contributed by atoms with Gasteiger partial charge >= 0.3 is 11.2 Å². The summed E-state index contributed by atoms with van der Waals surface area (Å²) in [5, 5.41) is 24.9. The van der Waals surface area contributed by atoms with Crippen LogP contribution in [0.15, 0.2) is 47.4 Å². The van der Waals surface area contributed by atoms with E-state index in [1.165, 1.54) is 24.4 Å². The van der Waals surface area contributed by atoms with Gasteiger partial charge in [0.1, 0.15) is 5.65 Å². The van der Waals surface area contributed by atoms with E-state index in [9.17, 15) is 20.0 Å². The van der Waals surface area contributed by atoms with Crippen molar-refractivity contribution in [2.75, 3.05) is 11.9 Å². The zero-order valence-corrected chi connectivity index (χ0v) is 14.6. The summed E-state index contributed by atoms with van der Waals surface area (Å²) in [6.07, 6.45) is 0.325. The van der Waals surface area contributed by atoms with Gasteiger partial charge in [0, 0.05) is 22.8 Å². The summed E-state index contributed by atoms with van der Waals surface area (Å²) in [5.41, 5.74) is -0.852. The van der Waals surface area contributed by atoms with E-state index >= 15 is 0 Å². The lowest BCUT2D eigenvalue weighted by Crippen LogP contribution is -2.22. The molecule has 0 saturated carbocycles. The van der Waals surface area contributed by atoms with Gasteiger partial charge < -0.3 is 10.4 Å². The predicted molar refractivity (Wildman–Crippen MR) is 98.0 cm³/mol. The maximum absolute atomic E-state index is 12.3. The monoisotopic (exact) mass is 394 g/mol. The van der Waals surface area contributed by atoms with E-state index in [2.05, 4.69) is 10.3 Å². The van der Waals surface area contributed by atoms with Crippen molar-refractivity contribution in [1.29, 1.82) is 0 Å². The Morgan fingerprint density at radius 2 is 1.96 bits per heavy atom. The summed E-state index contributed by atoms with van der Waals surface area (Å²) >= 11 is 11.8. The molecule has 1 aromatic carbocycles. The molecule has 0 saturated heterocycles. The fourth-order valence-electron chi connectivity index (χ4n) is 2.45. The number of rotatable bonds is 5. The van der Waals surface area contributed by atoms with Crippen LogP contribution < -0.4 is 10.9 Å². The van der Waals surface area contributed by atoms with Gasteiger partial charge in [-0.2, -0.15) is 0 Å². The molecule has 2 aromatic heterocycles. The number of fused-ring (bicyclic) bond motifs is 1. The first-order chi connectivity index (χ1) is 12.4. The highest BCUT2D eigenvalue weighted by molar-refractivity contribution is 6.34. The predicted octanol–water partition coefficient (Wildman–Crippen LogP) is 3.06. The lowest BCUT2D eigenvalue weighted by Gasteiger charge is -2.14. The SMILES string of the molecule is O=c1c([N+](=O)[O-])c(NCC(O)c2cc(Cl)cc(Cl)c2)nc2ccccn12. The summed E-state index contributed by atoms with van der Waals surface area (Å²) < 4.78 is 1.08. The molecular formula is C16H12Cl2N4O4. The highest BCUT2D eigenvalue weighted by Gasteiger charge is 2.24. The molecule has 0 aliphatic rings. The van der Waals surface area contributed by atoms with Crippen LogP contribution in [-0.2, 0) is 0 Å². The number of nitrogens with zero attached hydrogens (tertiary/aromatic N) is 3. The van der Waals surface area contributed by atoms with E-state index in [1.807, 2.05) is 0 Å². The minimum absolute atomic E-state index is 0.132. The van der Waals surface area contributed by atoms with Gasteiger partial charge in [0.25, 0.3) is 0 Å². The van der Waals surface area contributed by atoms with E-state index in [4.69, 9.17) is 23.2 Å². The Bertz CT molecular complexity index is 1030. The largest absolute Gasteiger partial charge is 0.387 e. The van der Waals surface area contributed by atoms with E-state index in [1.54, 1.807) is 18.2 Å². The first-order valence-corrected chi connectivity index (χ1v) is 8.16. The van der Waals surface area contributed by atoms with Crippen molar-refractivity contribution in [2.45, 2.75) is 6.10 Å². The molecule has 10 heteroatoms. The third-order valence-electron chi connectivity index (χ3n) is 3.63. The lowest BCUT2D eigenvalue weighted by molar-refractivity contribution is -0.385. The highest BCUT2D eigenvalue weighted by Crippen LogP contribution is 2.25. The van der Waals surface area contributed by atoms with Gasteiger partial charge in [-0.25, -0.2) is 4.98 Å². The summed E-state index contributed by atoms with van der Waals surface area (Å²) in [4.78, 5) is 26.9. The average molecular weight is 395 g/mol. The van der Waals surface area contributed by atoms with Gasteiger partial charge in [-0.3, -0.25) is 19.3 Å². The molecule has 2 N–H and O–H groups in total. The Morgan fingerprint density at radius 1 is 1.27 bits per heavy atom. The summed E-state index contributed by atoms with van der Waals surface area (Å²) in [6, 6.07) is 9.33. The van der Waals surface area contributed by atoms with Crippen LogP contribution in [0.1, 0.15) is 11.7 Å². The molecule has 0 spiro atoms. The topological polar surface area (TPSA) is 110 Å². The average Bonchev–Trinajstić information content (AvgIpc) is 2.58. The number of benzene rings is 1. The maximum atomic E-state index is 12.3. The van der Waals surface area contributed by atoms with Crippen LogP contribution >= 0.6 is 23.2 Å². The van der Waals surface area contributed by atoms with Gasteiger partial charge in [-0.05, 0) is 35.9 Å². The highest BCUT2D eigenvalue weighted by atomic mass is 35.5. The van der Waals surface area contributed by atoms with Gasteiger partial charge in [-0.15, -0.1) is 0 Å². The van der Waals surface area contributed by atoms with Crippen LogP contribution in [0, 0.1) is 10.1 Å². The second-order valence-corrected chi connectivity index (χ2v) is 6.27. The second kappa shape index (κ2) is 7.28. The number of hydrogen-bond acceptors (Lipinski definition) is 6. The van der Waals surface area contributed by atoms with Gasteiger partial charge in [0.2, 0.25) is 5.82 Å². The number of pyridine rings is 1. The molecule has 0 bridgehead atoms. The molecule has 0 aliphatic carbocycles. The molecule has 3 aromatic rings. The molecule has 26 heavy (non-hydrogen) atoms. The van der Waals surface area contributed by atoms with Crippen LogP contribution in [0.5, 0.6) is 0 Å². The quantitative estimate of drug-likeness (QED) is 0.508. The Kier molecular flexibility index (Phi) is 5.08. The van der Waals surface area contributed by atoms with Crippen LogP contribution in [0.4, 0.5) is 11.5 Å². The normalized spacial score (nSPS) is 12.1. The van der Waals surface area contributed by atoms with Crippen molar-refractivity contribution in [3.63, 3.8) is 0 Å². The Labute approximate surface area is 156 Å². The van der Waals surface area contributed by atoms with E-state index in [0.717, 1.165) is 4.40 Å². The minimum Gasteiger partial charge on any atom is -0.387 e. The first-order valence-electron chi connectivity index (χ1n) is 7.40. The molecule has 1 atom stereocenters. The molecule has 0 aliphatic heterocycles. The first kappa shape index (κ1) is 18.1. The number of anilines is 1. The summed E-state index contributed by atoms with van der Waals surface area (Å²) in [7, 11) is 0. The molecular weight excluding hydrogens is 383 g/mol. The maximum Gasteiger partial charge on any atom is 0.376 e. The number of aliphatic hydroxyl groups is 1. The van der Waals surface area contributed by atoms with Crippen LogP contribution in [0.25, 0.3) is 5.65 Å². The molecule has 1 unspecified atom stereocenters. The fraction of sp³-hybridized carbons (Fsp3) is 0.125. The van der Waals surface area contributed by atoms with E-state index in [-0.39, 0.29) is 18.0 Å². The second-order valence-electron chi connectivity index (χ2n) is 5.40. The number of nitrogens with one attached hydrogen (secondary N) is 1. The number of aliphatic hydroxyl groups excluding tert-OH is 1. The van der Waals surface area contributed by atoms with E-state index in [0.29, 0.717) is 15.6 Å². The summed E-state index contributed by atoms with van der Waals surface area (Å²) in [5.74, 6) is -0.224. The molecule has 0 fully saturated rings. The van der Waals surface area contributed by atoms with Gasteiger partial charge in [0.15, 0.2) is 0 Å². The van der Waals surface area contributed by atoms with Crippen molar-refractivity contribution in [3.05, 3.63) is 78.7 Å². The zero-order valence-electron chi connectivity index (χ0n) is 13.1. The third kappa shape index (κ3) is 3.62.